The van der Waals surface area contributed by atoms with E-state index in [1.165, 1.54) is 18.7 Å². The van der Waals surface area contributed by atoms with E-state index in [1.807, 2.05) is 55.5 Å². The Morgan fingerprint density at radius 2 is 1.79 bits per heavy atom. The third-order valence-electron chi connectivity index (χ3n) is 3.71. The maximum absolute atomic E-state index is 12.7. The van der Waals surface area contributed by atoms with Crippen molar-refractivity contribution in [3.05, 3.63) is 60.3 Å². The van der Waals surface area contributed by atoms with Crippen LogP contribution in [0, 0.1) is 0 Å². The lowest BCUT2D eigenvalue weighted by Crippen LogP contribution is -2.13. The number of nitrogens with one attached hydrogen (secondary N) is 2. The van der Waals surface area contributed by atoms with Gasteiger partial charge in [0.05, 0.1) is 5.25 Å². The van der Waals surface area contributed by atoms with E-state index in [0.717, 1.165) is 27.0 Å². The highest BCUT2D eigenvalue weighted by Gasteiger charge is 2.19. The standard InChI is InChI=1S/C19H18N2O2S/c1-12(24-15-9-7-14(8-10-15)21-13(2)22)19(23)17-11-20-18-6-4-3-5-16(17)18/h3-12,20H,1-2H3,(H,21,22)/t12-/m0/s1. The summed E-state index contributed by atoms with van der Waals surface area (Å²) in [5.74, 6) is 0.00155. The Hall–Kier alpha value is -2.53. The van der Waals surface area contributed by atoms with E-state index >= 15 is 0 Å². The number of fused-ring (bicyclic) bond motifs is 1. The molecule has 5 heteroatoms. The number of rotatable bonds is 5. The Balaban J connectivity index is 1.73. The van der Waals surface area contributed by atoms with E-state index in [9.17, 15) is 9.59 Å². The minimum Gasteiger partial charge on any atom is -0.360 e. The second-order valence-corrected chi connectivity index (χ2v) is 6.99. The number of para-hydroxylation sites is 1. The van der Waals surface area contributed by atoms with Crippen LogP contribution in [0.4, 0.5) is 5.69 Å². The van der Waals surface area contributed by atoms with Gasteiger partial charge in [0.25, 0.3) is 0 Å². The highest BCUT2D eigenvalue weighted by molar-refractivity contribution is 8.00. The van der Waals surface area contributed by atoms with Gasteiger partial charge in [-0.05, 0) is 37.3 Å². The summed E-state index contributed by atoms with van der Waals surface area (Å²) in [6.45, 7) is 3.39. The number of hydrogen-bond acceptors (Lipinski definition) is 3. The van der Waals surface area contributed by atoms with Crippen LogP contribution in [0.1, 0.15) is 24.2 Å². The molecular formula is C19H18N2O2S. The van der Waals surface area contributed by atoms with Crippen LogP contribution >= 0.6 is 11.8 Å². The summed E-state index contributed by atoms with van der Waals surface area (Å²) in [7, 11) is 0. The van der Waals surface area contributed by atoms with Crippen LogP contribution in [0.5, 0.6) is 0 Å². The largest absolute Gasteiger partial charge is 0.360 e. The lowest BCUT2D eigenvalue weighted by Gasteiger charge is -2.10. The first kappa shape index (κ1) is 16.3. The highest BCUT2D eigenvalue weighted by Crippen LogP contribution is 2.29. The molecule has 0 spiro atoms. The van der Waals surface area contributed by atoms with Crippen molar-refractivity contribution in [3.63, 3.8) is 0 Å². The lowest BCUT2D eigenvalue weighted by molar-refractivity contribution is -0.114. The predicted octanol–water partition coefficient (Wildman–Crippen LogP) is 4.49. The molecule has 0 saturated heterocycles. The number of benzene rings is 2. The zero-order valence-electron chi connectivity index (χ0n) is 13.5. The summed E-state index contributed by atoms with van der Waals surface area (Å²) in [4.78, 5) is 27.9. The fourth-order valence-electron chi connectivity index (χ4n) is 2.57. The maximum Gasteiger partial charge on any atom is 0.221 e. The van der Waals surface area contributed by atoms with Gasteiger partial charge in [0.15, 0.2) is 5.78 Å². The van der Waals surface area contributed by atoms with Gasteiger partial charge in [-0.2, -0.15) is 0 Å². The molecule has 24 heavy (non-hydrogen) atoms. The summed E-state index contributed by atoms with van der Waals surface area (Å²) in [6.07, 6.45) is 1.78. The molecule has 0 aliphatic heterocycles. The van der Waals surface area contributed by atoms with Crippen molar-refractivity contribution >= 4 is 40.0 Å². The molecule has 3 rings (SSSR count). The number of thioether (sulfide) groups is 1. The molecule has 1 aromatic heterocycles. The second kappa shape index (κ2) is 6.93. The molecule has 1 heterocycles. The number of amides is 1. The molecule has 2 aromatic carbocycles. The number of hydrogen-bond donors (Lipinski definition) is 2. The fraction of sp³-hybridized carbons (Fsp3) is 0.158. The number of H-pyrrole nitrogens is 1. The van der Waals surface area contributed by atoms with E-state index in [2.05, 4.69) is 10.3 Å². The van der Waals surface area contributed by atoms with Gasteiger partial charge in [0, 0.05) is 40.2 Å². The number of aromatic nitrogens is 1. The first-order valence-electron chi connectivity index (χ1n) is 7.69. The van der Waals surface area contributed by atoms with E-state index < -0.39 is 0 Å². The lowest BCUT2D eigenvalue weighted by atomic mass is 10.1. The Labute approximate surface area is 144 Å². The average molecular weight is 338 g/mol. The van der Waals surface area contributed by atoms with Gasteiger partial charge in [0.1, 0.15) is 0 Å². The molecule has 1 amide bonds. The SMILES string of the molecule is CC(=O)Nc1ccc(S[C@@H](C)C(=O)c2c[nH]c3ccccc23)cc1. The normalized spacial score (nSPS) is 12.1. The minimum atomic E-state index is -0.198. The molecule has 0 bridgehead atoms. The molecule has 0 radical (unpaired) electrons. The zero-order valence-corrected chi connectivity index (χ0v) is 14.3. The van der Waals surface area contributed by atoms with Crippen molar-refractivity contribution in [2.24, 2.45) is 0 Å². The molecule has 3 aromatic rings. The van der Waals surface area contributed by atoms with Crippen LogP contribution in [-0.2, 0) is 4.79 Å². The first-order chi connectivity index (χ1) is 11.5. The molecule has 2 N–H and O–H groups in total. The number of Topliss-reactive ketones (excluding diaryl/α,β-unsaturated/α-hetero) is 1. The van der Waals surface area contributed by atoms with Crippen molar-refractivity contribution in [1.29, 1.82) is 0 Å². The molecule has 1 atom stereocenters. The maximum atomic E-state index is 12.7. The van der Waals surface area contributed by atoms with Crippen LogP contribution < -0.4 is 5.32 Å². The summed E-state index contributed by atoms with van der Waals surface area (Å²) >= 11 is 1.51. The van der Waals surface area contributed by atoms with Gasteiger partial charge in [-0.25, -0.2) is 0 Å². The summed E-state index contributed by atoms with van der Waals surface area (Å²) in [6, 6.07) is 15.3. The van der Waals surface area contributed by atoms with Crippen LogP contribution in [0.25, 0.3) is 10.9 Å². The van der Waals surface area contributed by atoms with Crippen molar-refractivity contribution in [2.75, 3.05) is 5.32 Å². The second-order valence-electron chi connectivity index (χ2n) is 5.58. The quantitative estimate of drug-likeness (QED) is 0.532. The van der Waals surface area contributed by atoms with Gasteiger partial charge in [-0.1, -0.05) is 18.2 Å². The van der Waals surface area contributed by atoms with Gasteiger partial charge in [-0.15, -0.1) is 11.8 Å². The molecule has 122 valence electrons. The number of aromatic amines is 1. The van der Waals surface area contributed by atoms with E-state index in [1.54, 1.807) is 6.20 Å². The van der Waals surface area contributed by atoms with Crippen molar-refractivity contribution < 1.29 is 9.59 Å². The van der Waals surface area contributed by atoms with Crippen LogP contribution in [0.3, 0.4) is 0 Å². The number of carbonyl (C=O) groups excluding carboxylic acids is 2. The summed E-state index contributed by atoms with van der Waals surface area (Å²) in [5, 5.41) is 3.49. The Morgan fingerprint density at radius 1 is 1.08 bits per heavy atom. The number of ketones is 1. The number of anilines is 1. The van der Waals surface area contributed by atoms with Crippen LogP contribution in [0.2, 0.25) is 0 Å². The first-order valence-corrected chi connectivity index (χ1v) is 8.57. The van der Waals surface area contributed by atoms with Crippen molar-refractivity contribution in [2.45, 2.75) is 24.0 Å². The Kier molecular flexibility index (Phi) is 4.71. The highest BCUT2D eigenvalue weighted by atomic mass is 32.2. The summed E-state index contributed by atoms with van der Waals surface area (Å²) in [5.41, 5.74) is 2.45. The van der Waals surface area contributed by atoms with Crippen molar-refractivity contribution in [3.8, 4) is 0 Å². The van der Waals surface area contributed by atoms with Gasteiger partial charge >= 0.3 is 0 Å². The third kappa shape index (κ3) is 3.51. The molecule has 0 aliphatic rings. The van der Waals surface area contributed by atoms with E-state index in [0.29, 0.717) is 0 Å². The molecular weight excluding hydrogens is 320 g/mol. The number of carbonyl (C=O) groups is 2. The smallest absolute Gasteiger partial charge is 0.221 e. The van der Waals surface area contributed by atoms with E-state index in [-0.39, 0.29) is 16.9 Å². The monoisotopic (exact) mass is 338 g/mol. The van der Waals surface area contributed by atoms with Crippen molar-refractivity contribution in [1.82, 2.24) is 4.98 Å². The van der Waals surface area contributed by atoms with Crippen LogP contribution in [0.15, 0.2) is 59.6 Å². The topological polar surface area (TPSA) is 62.0 Å². The van der Waals surface area contributed by atoms with Gasteiger partial charge < -0.3 is 10.3 Å². The third-order valence-corrected chi connectivity index (χ3v) is 4.82. The minimum absolute atomic E-state index is 0.0988. The zero-order chi connectivity index (χ0) is 17.1. The Morgan fingerprint density at radius 3 is 2.50 bits per heavy atom. The molecule has 0 unspecified atom stereocenters. The fourth-order valence-corrected chi connectivity index (χ4v) is 3.51. The van der Waals surface area contributed by atoms with E-state index in [4.69, 9.17) is 0 Å². The van der Waals surface area contributed by atoms with Gasteiger partial charge in [0.2, 0.25) is 5.91 Å². The van der Waals surface area contributed by atoms with Gasteiger partial charge in [-0.3, -0.25) is 9.59 Å². The average Bonchev–Trinajstić information content (AvgIpc) is 2.99. The molecule has 4 nitrogen and oxygen atoms in total. The molecule has 0 fully saturated rings. The molecule has 0 aliphatic carbocycles. The Bertz CT molecular complexity index is 884. The summed E-state index contributed by atoms with van der Waals surface area (Å²) < 4.78 is 0. The van der Waals surface area contributed by atoms with Crippen LogP contribution in [-0.4, -0.2) is 21.9 Å². The predicted molar refractivity (Wildman–Crippen MR) is 98.7 cm³/mol. The molecule has 0 saturated carbocycles.